The smallest absolute Gasteiger partial charge is 0.171 e. The van der Waals surface area contributed by atoms with Crippen molar-refractivity contribution in [1.82, 2.24) is 4.65 Å². The first-order chi connectivity index (χ1) is 16.6. The molecule has 1 aromatic carbocycles. The third-order valence-electron chi connectivity index (χ3n) is 10.0. The average molecular weight is 484 g/mol. The van der Waals surface area contributed by atoms with E-state index in [1.165, 1.54) is 16.7 Å². The van der Waals surface area contributed by atoms with Crippen molar-refractivity contribution in [2.24, 2.45) is 22.4 Å². The lowest BCUT2D eigenvalue weighted by Crippen LogP contribution is -2.53. The number of fused-ring (bicyclic) bond motifs is 4. The molecule has 7 nitrogen and oxygen atoms in total. The Labute approximate surface area is 207 Å². The summed E-state index contributed by atoms with van der Waals surface area (Å²) in [5, 5.41) is 36.1. The molecule has 0 amide bonds. The SMILES string of the molecule is C[C@]12C[C@H](c3ccc([N+](C)(C)O)cc3)C3=C4CCC5(C[C@]4(O)CC[C@H]3[C@@H]1CCC2=NO)OCCO5. The van der Waals surface area contributed by atoms with Crippen molar-refractivity contribution in [2.45, 2.75) is 75.6 Å². The van der Waals surface area contributed by atoms with Crippen LogP contribution >= 0.6 is 0 Å². The maximum atomic E-state index is 12.1. The highest BCUT2D eigenvalue weighted by Gasteiger charge is 2.60. The highest BCUT2D eigenvalue weighted by Crippen LogP contribution is 2.64. The fourth-order valence-electron chi connectivity index (χ4n) is 8.34. The second-order valence-corrected chi connectivity index (χ2v) is 12.2. The zero-order valence-electron chi connectivity index (χ0n) is 21.2. The normalized spacial score (nSPS) is 39.6. The summed E-state index contributed by atoms with van der Waals surface area (Å²) in [4.78, 5) is 0. The van der Waals surface area contributed by atoms with Gasteiger partial charge in [0.15, 0.2) is 11.5 Å². The van der Waals surface area contributed by atoms with Gasteiger partial charge in [-0.3, -0.25) is 0 Å². The van der Waals surface area contributed by atoms with Crippen LogP contribution in [-0.4, -0.2) is 59.9 Å². The number of rotatable bonds is 2. The summed E-state index contributed by atoms with van der Waals surface area (Å²) in [6.45, 7) is 3.49. The Morgan fingerprint density at radius 2 is 1.74 bits per heavy atom. The zero-order chi connectivity index (χ0) is 24.6. The highest BCUT2D eigenvalue weighted by atomic mass is 16.7. The maximum Gasteiger partial charge on any atom is 0.171 e. The molecule has 3 N–H and O–H groups in total. The molecule has 35 heavy (non-hydrogen) atoms. The van der Waals surface area contributed by atoms with Gasteiger partial charge >= 0.3 is 0 Å². The number of hydrogen-bond donors (Lipinski definition) is 3. The Kier molecular flexibility index (Phi) is 5.31. The predicted molar refractivity (Wildman–Crippen MR) is 132 cm³/mol. The fourth-order valence-corrected chi connectivity index (χ4v) is 8.34. The molecule has 5 atom stereocenters. The minimum absolute atomic E-state index is 0.140. The molecule has 1 aliphatic heterocycles. The summed E-state index contributed by atoms with van der Waals surface area (Å²) in [6.07, 6.45) is 6.50. The Bertz CT molecular complexity index is 1070. The lowest BCUT2D eigenvalue weighted by atomic mass is 9.51. The van der Waals surface area contributed by atoms with Gasteiger partial charge in [0, 0.05) is 36.3 Å². The summed E-state index contributed by atoms with van der Waals surface area (Å²) >= 11 is 0. The molecule has 0 unspecified atom stereocenters. The standard InChI is InChI=1S/C28H38N2O5/c1-26-16-21(18-4-6-19(7-5-18)30(2,3)33)25-20(22(26)8-9-24(26)29-32)10-12-27(31)17-28(13-11-23(25)27)34-14-15-35-28/h4-7,20-22,31,33H,8-17H2,1-3H3/p+1/t20-,21+,22-,26-,27+/m0/s1. The summed E-state index contributed by atoms with van der Waals surface area (Å²) < 4.78 is 11.8. The molecule has 1 saturated heterocycles. The van der Waals surface area contributed by atoms with Crippen LogP contribution in [0.3, 0.4) is 0 Å². The number of oxime groups is 1. The quantitative estimate of drug-likeness (QED) is 0.245. The molecule has 3 saturated carbocycles. The Morgan fingerprint density at radius 1 is 1.03 bits per heavy atom. The second-order valence-electron chi connectivity index (χ2n) is 12.2. The predicted octanol–water partition coefficient (Wildman–Crippen LogP) is 4.74. The molecule has 5 aliphatic rings. The van der Waals surface area contributed by atoms with Gasteiger partial charge in [0.05, 0.1) is 24.5 Å². The number of hydrogen-bond acceptors (Lipinski definition) is 6. The van der Waals surface area contributed by atoms with Crippen LogP contribution in [0, 0.1) is 17.3 Å². The summed E-state index contributed by atoms with van der Waals surface area (Å²) in [6, 6.07) is 8.28. The molecule has 0 radical (unpaired) electrons. The van der Waals surface area contributed by atoms with E-state index in [1.54, 1.807) is 14.1 Å². The van der Waals surface area contributed by atoms with Crippen LogP contribution < -0.4 is 4.65 Å². The van der Waals surface area contributed by atoms with E-state index in [4.69, 9.17) is 9.47 Å². The van der Waals surface area contributed by atoms with Crippen molar-refractivity contribution in [1.29, 1.82) is 0 Å². The van der Waals surface area contributed by atoms with Gasteiger partial charge in [0.2, 0.25) is 0 Å². The van der Waals surface area contributed by atoms with E-state index >= 15 is 0 Å². The summed E-state index contributed by atoms with van der Waals surface area (Å²) in [7, 11) is 3.49. The van der Waals surface area contributed by atoms with Crippen molar-refractivity contribution in [3.05, 3.63) is 41.0 Å². The van der Waals surface area contributed by atoms with Crippen LogP contribution in [-0.2, 0) is 9.47 Å². The Balaban J connectivity index is 1.47. The average Bonchev–Trinajstić information content (AvgIpc) is 3.40. The lowest BCUT2D eigenvalue weighted by Gasteiger charge is -2.55. The van der Waals surface area contributed by atoms with E-state index in [-0.39, 0.29) is 16.0 Å². The second kappa shape index (κ2) is 7.86. The highest BCUT2D eigenvalue weighted by molar-refractivity contribution is 5.92. The van der Waals surface area contributed by atoms with Gasteiger partial charge in [-0.15, -0.1) is 0 Å². The van der Waals surface area contributed by atoms with Gasteiger partial charge in [-0.2, -0.15) is 4.65 Å². The summed E-state index contributed by atoms with van der Waals surface area (Å²) in [5.74, 6) is 0.304. The third kappa shape index (κ3) is 3.54. The first-order valence-electron chi connectivity index (χ1n) is 13.2. The van der Waals surface area contributed by atoms with Crippen LogP contribution in [0.1, 0.15) is 69.8 Å². The molecule has 4 fully saturated rings. The van der Waals surface area contributed by atoms with Crippen molar-refractivity contribution in [3.63, 3.8) is 0 Å². The number of ether oxygens (including phenoxy) is 2. The number of allylic oxidation sites excluding steroid dienone is 1. The number of quaternary nitrogens is 1. The van der Waals surface area contributed by atoms with Crippen LogP contribution in [0.4, 0.5) is 5.69 Å². The van der Waals surface area contributed by atoms with Crippen LogP contribution in [0.5, 0.6) is 0 Å². The molecular weight excluding hydrogens is 444 g/mol. The maximum absolute atomic E-state index is 12.1. The minimum atomic E-state index is -0.892. The van der Waals surface area contributed by atoms with Gasteiger partial charge in [0.25, 0.3) is 0 Å². The van der Waals surface area contributed by atoms with Crippen molar-refractivity contribution >= 4 is 11.4 Å². The van der Waals surface area contributed by atoms with E-state index < -0.39 is 11.4 Å². The van der Waals surface area contributed by atoms with Crippen LogP contribution in [0.2, 0.25) is 0 Å². The van der Waals surface area contributed by atoms with Crippen molar-refractivity contribution < 1.29 is 25.0 Å². The van der Waals surface area contributed by atoms with Crippen LogP contribution in [0.15, 0.2) is 40.6 Å². The molecule has 190 valence electrons. The Morgan fingerprint density at radius 3 is 2.40 bits per heavy atom. The van der Waals surface area contributed by atoms with Gasteiger partial charge in [-0.1, -0.05) is 29.8 Å². The number of benzene rings is 1. The fraction of sp³-hybridized carbons (Fsp3) is 0.679. The molecule has 1 heterocycles. The Hall–Kier alpha value is -1.77. The first kappa shape index (κ1) is 23.6. The minimum Gasteiger partial charge on any atom is -0.411 e. The van der Waals surface area contributed by atoms with E-state index in [0.717, 1.165) is 56.3 Å². The largest absolute Gasteiger partial charge is 0.411 e. The molecule has 1 aromatic rings. The molecule has 6 rings (SSSR count). The number of hydroxylamine groups is 2. The zero-order valence-corrected chi connectivity index (χ0v) is 21.2. The molecule has 4 aliphatic carbocycles. The molecular formula is C28H39N2O5+. The molecule has 0 bridgehead atoms. The van der Waals surface area contributed by atoms with E-state index in [0.29, 0.717) is 31.5 Å². The van der Waals surface area contributed by atoms with Gasteiger partial charge in [-0.25, -0.2) is 5.21 Å². The van der Waals surface area contributed by atoms with Crippen molar-refractivity contribution in [2.75, 3.05) is 27.3 Å². The molecule has 0 aromatic heterocycles. The van der Waals surface area contributed by atoms with E-state index in [1.807, 2.05) is 12.1 Å². The summed E-state index contributed by atoms with van der Waals surface area (Å²) in [5.41, 5.74) is 4.55. The third-order valence-corrected chi connectivity index (χ3v) is 10.0. The van der Waals surface area contributed by atoms with E-state index in [9.17, 15) is 15.5 Å². The topological polar surface area (TPSA) is 91.5 Å². The monoisotopic (exact) mass is 483 g/mol. The number of nitrogens with zero attached hydrogens (tertiary/aromatic N) is 2. The lowest BCUT2D eigenvalue weighted by molar-refractivity contribution is -0.208. The van der Waals surface area contributed by atoms with Gasteiger partial charge in [-0.05, 0) is 61.5 Å². The molecule has 1 spiro atoms. The van der Waals surface area contributed by atoms with Gasteiger partial charge < -0.3 is 19.8 Å². The van der Waals surface area contributed by atoms with E-state index in [2.05, 4.69) is 24.2 Å². The first-order valence-corrected chi connectivity index (χ1v) is 13.2. The molecule has 7 heteroatoms. The van der Waals surface area contributed by atoms with Crippen LogP contribution in [0.25, 0.3) is 0 Å². The number of aliphatic hydroxyl groups is 1. The van der Waals surface area contributed by atoms with Gasteiger partial charge in [0.1, 0.15) is 14.1 Å². The van der Waals surface area contributed by atoms with Crippen molar-refractivity contribution in [3.8, 4) is 0 Å².